The number of hydrogen-bond donors (Lipinski definition) is 1. The first-order chi connectivity index (χ1) is 9.06. The van der Waals surface area contributed by atoms with Gasteiger partial charge >= 0.3 is 5.63 Å². The Balaban J connectivity index is 2.40. The Kier molecular flexibility index (Phi) is 2.34. The highest BCUT2D eigenvalue weighted by Gasteiger charge is 2.16. The van der Waals surface area contributed by atoms with Crippen molar-refractivity contribution in [3.8, 4) is 17.0 Å². The van der Waals surface area contributed by atoms with E-state index in [1.807, 2.05) is 0 Å². The third kappa shape index (κ3) is 1.75. The number of fused-ring (bicyclic) bond motifs is 1. The van der Waals surface area contributed by atoms with Crippen LogP contribution in [0.1, 0.15) is 11.6 Å². The van der Waals surface area contributed by atoms with E-state index in [0.717, 1.165) is 0 Å². The highest BCUT2D eigenvalue weighted by molar-refractivity contribution is 5.66. The van der Waals surface area contributed by atoms with E-state index in [1.165, 1.54) is 16.8 Å². The van der Waals surface area contributed by atoms with Crippen molar-refractivity contribution in [3.05, 3.63) is 40.3 Å². The lowest BCUT2D eigenvalue weighted by Crippen LogP contribution is -2.08. The summed E-state index contributed by atoms with van der Waals surface area (Å²) < 4.78 is 6.40. The minimum atomic E-state index is -0.627. The van der Waals surface area contributed by atoms with Crippen molar-refractivity contribution in [1.29, 1.82) is 0 Å². The second-order valence-electron chi connectivity index (χ2n) is 4.11. The first kappa shape index (κ1) is 11.4. The molecule has 0 aromatic carbocycles. The predicted molar refractivity (Wildman–Crippen MR) is 65.9 cm³/mol. The molecule has 7 nitrogen and oxygen atoms in total. The van der Waals surface area contributed by atoms with Crippen LogP contribution in [-0.2, 0) is 0 Å². The third-order valence-corrected chi connectivity index (χ3v) is 2.66. The van der Waals surface area contributed by atoms with Crippen molar-refractivity contribution >= 4 is 5.78 Å². The average molecular weight is 258 g/mol. The predicted octanol–water partition coefficient (Wildman–Crippen LogP) is 1.07. The van der Waals surface area contributed by atoms with Crippen molar-refractivity contribution in [1.82, 2.24) is 19.6 Å². The number of aryl methyl sites for hydroxylation is 2. The fourth-order valence-electron chi connectivity index (χ4n) is 1.92. The van der Waals surface area contributed by atoms with E-state index < -0.39 is 5.63 Å². The molecule has 3 aromatic heterocycles. The minimum Gasteiger partial charge on any atom is -0.507 e. The third-order valence-electron chi connectivity index (χ3n) is 2.66. The number of rotatable bonds is 1. The number of aromatic hydroxyl groups is 1. The van der Waals surface area contributed by atoms with Crippen molar-refractivity contribution in [3.63, 3.8) is 0 Å². The van der Waals surface area contributed by atoms with Gasteiger partial charge in [-0.1, -0.05) is 0 Å². The molecular formula is C12H10N4O3. The molecule has 0 bridgehead atoms. The van der Waals surface area contributed by atoms with Gasteiger partial charge in [0, 0.05) is 12.3 Å². The standard InChI is InChI=1S/C12H10N4O3/c1-6-5-9(17)10(11(18)19-6)8-3-4-13-12-14-7(2)15-16(8)12/h3-5,17H,1-2H3. The largest absolute Gasteiger partial charge is 0.507 e. The SMILES string of the molecule is Cc1nc2nccc(-c3c(O)cc(C)oc3=O)n2n1. The van der Waals surface area contributed by atoms with Gasteiger partial charge in [0.25, 0.3) is 5.78 Å². The van der Waals surface area contributed by atoms with Crippen molar-refractivity contribution in [2.75, 3.05) is 0 Å². The molecule has 0 radical (unpaired) electrons. The van der Waals surface area contributed by atoms with Gasteiger partial charge in [0.05, 0.1) is 5.69 Å². The molecule has 3 rings (SSSR count). The van der Waals surface area contributed by atoms with Crippen LogP contribution in [0, 0.1) is 13.8 Å². The first-order valence-corrected chi connectivity index (χ1v) is 5.59. The lowest BCUT2D eigenvalue weighted by atomic mass is 10.2. The molecule has 7 heteroatoms. The van der Waals surface area contributed by atoms with Gasteiger partial charge in [-0.25, -0.2) is 9.78 Å². The Labute approximate surface area is 107 Å². The van der Waals surface area contributed by atoms with Crippen LogP contribution in [-0.4, -0.2) is 24.7 Å². The second kappa shape index (κ2) is 3.91. The molecular weight excluding hydrogens is 248 g/mol. The zero-order chi connectivity index (χ0) is 13.6. The van der Waals surface area contributed by atoms with E-state index in [2.05, 4.69) is 15.1 Å². The smallest absolute Gasteiger partial charge is 0.349 e. The number of hydrogen-bond acceptors (Lipinski definition) is 6. The van der Waals surface area contributed by atoms with Gasteiger partial charge in [0.2, 0.25) is 0 Å². The maximum atomic E-state index is 11.9. The summed E-state index contributed by atoms with van der Waals surface area (Å²) in [6.07, 6.45) is 1.50. The van der Waals surface area contributed by atoms with Crippen LogP contribution >= 0.6 is 0 Å². The molecule has 0 saturated heterocycles. The lowest BCUT2D eigenvalue weighted by molar-refractivity contribution is 0.437. The number of nitrogens with zero attached hydrogens (tertiary/aromatic N) is 4. The summed E-state index contributed by atoms with van der Waals surface area (Å²) in [5.41, 5.74) is -0.196. The zero-order valence-corrected chi connectivity index (χ0v) is 10.3. The second-order valence-corrected chi connectivity index (χ2v) is 4.11. The molecule has 96 valence electrons. The Morgan fingerprint density at radius 2 is 2.16 bits per heavy atom. The van der Waals surface area contributed by atoms with Crippen LogP contribution in [0.2, 0.25) is 0 Å². The molecule has 1 N–H and O–H groups in total. The molecule has 0 aliphatic heterocycles. The van der Waals surface area contributed by atoms with E-state index in [-0.39, 0.29) is 11.3 Å². The topological polar surface area (TPSA) is 93.5 Å². The Hall–Kier alpha value is -2.70. The van der Waals surface area contributed by atoms with E-state index >= 15 is 0 Å². The summed E-state index contributed by atoms with van der Waals surface area (Å²) in [5, 5.41) is 14.1. The first-order valence-electron chi connectivity index (χ1n) is 5.59. The molecule has 19 heavy (non-hydrogen) atoms. The van der Waals surface area contributed by atoms with Gasteiger partial charge in [-0.05, 0) is 19.9 Å². The Morgan fingerprint density at radius 3 is 2.89 bits per heavy atom. The summed E-state index contributed by atoms with van der Waals surface area (Å²) >= 11 is 0. The summed E-state index contributed by atoms with van der Waals surface area (Å²) in [6, 6.07) is 2.95. The Bertz CT molecular complexity index is 835. The van der Waals surface area contributed by atoms with Crippen molar-refractivity contribution in [2.45, 2.75) is 13.8 Å². The molecule has 0 atom stereocenters. The highest BCUT2D eigenvalue weighted by Crippen LogP contribution is 2.25. The van der Waals surface area contributed by atoms with Gasteiger partial charge < -0.3 is 9.52 Å². The summed E-state index contributed by atoms with van der Waals surface area (Å²) in [5.74, 6) is 1.06. The van der Waals surface area contributed by atoms with Crippen LogP contribution in [0.5, 0.6) is 5.75 Å². The molecule has 0 unspecified atom stereocenters. The molecule has 0 saturated carbocycles. The fraction of sp³-hybridized carbons (Fsp3) is 0.167. The minimum absolute atomic E-state index is 0.0444. The van der Waals surface area contributed by atoms with Crippen molar-refractivity contribution in [2.24, 2.45) is 0 Å². The summed E-state index contributed by atoms with van der Waals surface area (Å²) in [7, 11) is 0. The fourth-order valence-corrected chi connectivity index (χ4v) is 1.92. The van der Waals surface area contributed by atoms with Gasteiger partial charge in [-0.15, -0.1) is 5.10 Å². The van der Waals surface area contributed by atoms with Gasteiger partial charge in [-0.3, -0.25) is 0 Å². The van der Waals surface area contributed by atoms with Crippen LogP contribution in [0.15, 0.2) is 27.5 Å². The molecule has 0 spiro atoms. The maximum Gasteiger partial charge on any atom is 0.349 e. The van der Waals surface area contributed by atoms with Gasteiger partial charge in [0.1, 0.15) is 22.9 Å². The maximum absolute atomic E-state index is 11.9. The van der Waals surface area contributed by atoms with Crippen LogP contribution in [0.25, 0.3) is 17.0 Å². The van der Waals surface area contributed by atoms with Gasteiger partial charge in [-0.2, -0.15) is 9.50 Å². The van der Waals surface area contributed by atoms with Crippen LogP contribution in [0.4, 0.5) is 0 Å². The van der Waals surface area contributed by atoms with E-state index in [0.29, 0.717) is 23.1 Å². The monoisotopic (exact) mass is 258 g/mol. The Morgan fingerprint density at radius 1 is 1.37 bits per heavy atom. The molecule has 0 amide bonds. The van der Waals surface area contributed by atoms with Crippen molar-refractivity contribution < 1.29 is 9.52 Å². The molecule has 3 heterocycles. The van der Waals surface area contributed by atoms with E-state index in [4.69, 9.17) is 4.42 Å². The molecule has 0 aliphatic rings. The normalized spacial score (nSPS) is 11.1. The van der Waals surface area contributed by atoms with E-state index in [1.54, 1.807) is 19.9 Å². The summed E-state index contributed by atoms with van der Waals surface area (Å²) in [6.45, 7) is 3.31. The number of aromatic nitrogens is 4. The lowest BCUT2D eigenvalue weighted by Gasteiger charge is -2.05. The molecule has 3 aromatic rings. The molecule has 0 fully saturated rings. The van der Waals surface area contributed by atoms with E-state index in [9.17, 15) is 9.90 Å². The highest BCUT2D eigenvalue weighted by atomic mass is 16.4. The molecule has 0 aliphatic carbocycles. The summed E-state index contributed by atoms with van der Waals surface area (Å²) in [4.78, 5) is 20.0. The average Bonchev–Trinajstić information content (AvgIpc) is 2.68. The van der Waals surface area contributed by atoms with Crippen LogP contribution < -0.4 is 5.63 Å². The van der Waals surface area contributed by atoms with Crippen LogP contribution in [0.3, 0.4) is 0 Å². The van der Waals surface area contributed by atoms with Gasteiger partial charge in [0.15, 0.2) is 0 Å². The quantitative estimate of drug-likeness (QED) is 0.701. The zero-order valence-electron chi connectivity index (χ0n) is 10.3.